The number of benzene rings is 1. The van der Waals surface area contributed by atoms with E-state index in [1.165, 1.54) is 25.1 Å². The van der Waals surface area contributed by atoms with Crippen LogP contribution in [0.15, 0.2) is 24.3 Å². The molecule has 0 radical (unpaired) electrons. The zero-order valence-electron chi connectivity index (χ0n) is 10.4. The molecule has 90 valence electrons. The lowest BCUT2D eigenvalue weighted by Gasteiger charge is -2.20. The van der Waals surface area contributed by atoms with E-state index in [4.69, 9.17) is 6.57 Å². The minimum absolute atomic E-state index is 0.726. The van der Waals surface area contributed by atoms with Crippen molar-refractivity contribution in [2.75, 3.05) is 33.2 Å². The van der Waals surface area contributed by atoms with Crippen LogP contribution in [0.1, 0.15) is 12.0 Å². The second kappa shape index (κ2) is 5.81. The first kappa shape index (κ1) is 12.1. The lowest BCUT2D eigenvalue weighted by atomic mass is 10.2. The van der Waals surface area contributed by atoms with Crippen LogP contribution in [0, 0.1) is 6.57 Å². The van der Waals surface area contributed by atoms with Crippen LogP contribution in [0.25, 0.3) is 4.85 Å². The highest BCUT2D eigenvalue weighted by molar-refractivity contribution is 5.45. The van der Waals surface area contributed by atoms with E-state index in [-0.39, 0.29) is 0 Å². The van der Waals surface area contributed by atoms with Crippen molar-refractivity contribution >= 4 is 5.69 Å². The van der Waals surface area contributed by atoms with Gasteiger partial charge in [0, 0.05) is 19.6 Å². The van der Waals surface area contributed by atoms with E-state index in [2.05, 4.69) is 33.8 Å². The van der Waals surface area contributed by atoms with Crippen LogP contribution in [0.3, 0.4) is 0 Å². The van der Waals surface area contributed by atoms with Crippen LogP contribution in [0.5, 0.6) is 0 Å². The second-order valence-corrected chi connectivity index (χ2v) is 4.71. The topological polar surface area (TPSA) is 10.8 Å². The molecular weight excluding hydrogens is 210 g/mol. The summed E-state index contributed by atoms with van der Waals surface area (Å²) in [5.74, 6) is 0. The Labute approximate surface area is 103 Å². The van der Waals surface area contributed by atoms with Gasteiger partial charge in [-0.25, -0.2) is 4.85 Å². The van der Waals surface area contributed by atoms with E-state index in [0.717, 1.165) is 25.3 Å². The van der Waals surface area contributed by atoms with Crippen LogP contribution in [0.2, 0.25) is 0 Å². The van der Waals surface area contributed by atoms with E-state index in [9.17, 15) is 0 Å². The Hall–Kier alpha value is -1.37. The standard InChI is InChI=1S/C14H19N3/c1-15-14-6-4-13(5-7-14)12-17-9-3-8-16(2)10-11-17/h4-7H,3,8-12H2,2H3. The molecule has 3 nitrogen and oxygen atoms in total. The molecule has 1 heterocycles. The molecule has 0 aliphatic carbocycles. The summed E-state index contributed by atoms with van der Waals surface area (Å²) < 4.78 is 0. The molecule has 0 atom stereocenters. The molecular formula is C14H19N3. The molecule has 17 heavy (non-hydrogen) atoms. The first-order valence-electron chi connectivity index (χ1n) is 6.15. The molecule has 2 rings (SSSR count). The molecule has 0 spiro atoms. The highest BCUT2D eigenvalue weighted by Gasteiger charge is 2.11. The van der Waals surface area contributed by atoms with Crippen LogP contribution in [-0.2, 0) is 6.54 Å². The van der Waals surface area contributed by atoms with Crippen molar-refractivity contribution < 1.29 is 0 Å². The smallest absolute Gasteiger partial charge is 0.187 e. The number of nitrogens with zero attached hydrogens (tertiary/aromatic N) is 3. The summed E-state index contributed by atoms with van der Waals surface area (Å²) in [6, 6.07) is 7.96. The highest BCUT2D eigenvalue weighted by Crippen LogP contribution is 2.14. The molecule has 1 fully saturated rings. The molecule has 0 bridgehead atoms. The molecule has 0 aromatic heterocycles. The van der Waals surface area contributed by atoms with Crippen molar-refractivity contribution in [3.63, 3.8) is 0 Å². The minimum atomic E-state index is 0.726. The molecule has 1 aromatic rings. The molecule has 1 aromatic carbocycles. The van der Waals surface area contributed by atoms with Gasteiger partial charge in [-0.05, 0) is 32.1 Å². The average molecular weight is 229 g/mol. The largest absolute Gasteiger partial charge is 0.305 e. The summed E-state index contributed by atoms with van der Waals surface area (Å²) in [5, 5.41) is 0. The third-order valence-electron chi connectivity index (χ3n) is 3.28. The van der Waals surface area contributed by atoms with Crippen molar-refractivity contribution in [2.24, 2.45) is 0 Å². The fourth-order valence-corrected chi connectivity index (χ4v) is 2.19. The Bertz CT molecular complexity index is 391. The van der Waals surface area contributed by atoms with Crippen LogP contribution in [-0.4, -0.2) is 43.0 Å². The summed E-state index contributed by atoms with van der Waals surface area (Å²) in [4.78, 5) is 8.30. The van der Waals surface area contributed by atoms with Gasteiger partial charge in [0.1, 0.15) is 0 Å². The van der Waals surface area contributed by atoms with E-state index in [0.29, 0.717) is 0 Å². The predicted molar refractivity (Wildman–Crippen MR) is 70.1 cm³/mol. The van der Waals surface area contributed by atoms with Gasteiger partial charge < -0.3 is 4.90 Å². The number of hydrogen-bond acceptors (Lipinski definition) is 2. The Balaban J connectivity index is 1.93. The van der Waals surface area contributed by atoms with Crippen molar-refractivity contribution in [3.8, 4) is 0 Å². The van der Waals surface area contributed by atoms with Crippen LogP contribution < -0.4 is 0 Å². The van der Waals surface area contributed by atoms with Gasteiger partial charge in [0.25, 0.3) is 0 Å². The van der Waals surface area contributed by atoms with E-state index in [1.54, 1.807) is 0 Å². The fraction of sp³-hybridized carbons (Fsp3) is 0.500. The van der Waals surface area contributed by atoms with Crippen molar-refractivity contribution in [2.45, 2.75) is 13.0 Å². The van der Waals surface area contributed by atoms with Gasteiger partial charge in [0.15, 0.2) is 5.69 Å². The molecule has 0 saturated carbocycles. The molecule has 0 amide bonds. The van der Waals surface area contributed by atoms with Crippen molar-refractivity contribution in [1.82, 2.24) is 9.80 Å². The summed E-state index contributed by atoms with van der Waals surface area (Å²) >= 11 is 0. The fourth-order valence-electron chi connectivity index (χ4n) is 2.19. The number of hydrogen-bond donors (Lipinski definition) is 0. The Morgan fingerprint density at radius 3 is 2.59 bits per heavy atom. The molecule has 1 aliphatic heterocycles. The van der Waals surface area contributed by atoms with Gasteiger partial charge in [0.05, 0.1) is 6.57 Å². The number of likely N-dealkylation sites (N-methyl/N-ethyl adjacent to an activating group) is 1. The van der Waals surface area contributed by atoms with Gasteiger partial charge in [-0.1, -0.05) is 24.3 Å². The normalized spacial score (nSPS) is 18.6. The zero-order valence-corrected chi connectivity index (χ0v) is 10.4. The SMILES string of the molecule is [C-]#[N+]c1ccc(CN2CCCN(C)CC2)cc1. The first-order valence-corrected chi connectivity index (χ1v) is 6.15. The number of rotatable bonds is 2. The third-order valence-corrected chi connectivity index (χ3v) is 3.28. The van der Waals surface area contributed by atoms with Crippen molar-refractivity contribution in [3.05, 3.63) is 41.2 Å². The summed E-state index contributed by atoms with van der Waals surface area (Å²) in [6.07, 6.45) is 1.25. The van der Waals surface area contributed by atoms with Gasteiger partial charge in [0.2, 0.25) is 0 Å². The quantitative estimate of drug-likeness (QED) is 0.721. The maximum atomic E-state index is 6.93. The lowest BCUT2D eigenvalue weighted by molar-refractivity contribution is 0.269. The molecule has 3 heteroatoms. The Morgan fingerprint density at radius 1 is 1.12 bits per heavy atom. The monoisotopic (exact) mass is 229 g/mol. The van der Waals surface area contributed by atoms with Gasteiger partial charge >= 0.3 is 0 Å². The molecule has 0 unspecified atom stereocenters. The molecule has 0 N–H and O–H groups in total. The summed E-state index contributed by atoms with van der Waals surface area (Å²) in [6.45, 7) is 12.6. The zero-order chi connectivity index (χ0) is 12.1. The van der Waals surface area contributed by atoms with E-state index in [1.807, 2.05) is 12.1 Å². The van der Waals surface area contributed by atoms with E-state index < -0.39 is 0 Å². The second-order valence-electron chi connectivity index (χ2n) is 4.71. The first-order chi connectivity index (χ1) is 8.28. The molecule has 1 aliphatic rings. The minimum Gasteiger partial charge on any atom is -0.305 e. The summed E-state index contributed by atoms with van der Waals surface area (Å²) in [5.41, 5.74) is 2.03. The Morgan fingerprint density at radius 2 is 1.88 bits per heavy atom. The van der Waals surface area contributed by atoms with Gasteiger partial charge in [-0.15, -0.1) is 0 Å². The van der Waals surface area contributed by atoms with Crippen LogP contribution >= 0.6 is 0 Å². The predicted octanol–water partition coefficient (Wildman–Crippen LogP) is 2.37. The van der Waals surface area contributed by atoms with Crippen molar-refractivity contribution in [1.29, 1.82) is 0 Å². The van der Waals surface area contributed by atoms with Gasteiger partial charge in [-0.2, -0.15) is 0 Å². The van der Waals surface area contributed by atoms with Crippen LogP contribution in [0.4, 0.5) is 5.69 Å². The van der Waals surface area contributed by atoms with Gasteiger partial charge in [-0.3, -0.25) is 4.90 Å². The Kier molecular flexibility index (Phi) is 4.13. The maximum Gasteiger partial charge on any atom is 0.187 e. The highest BCUT2D eigenvalue weighted by atomic mass is 15.2. The average Bonchev–Trinajstić information content (AvgIpc) is 2.56. The summed E-state index contributed by atoms with van der Waals surface area (Å²) in [7, 11) is 2.19. The third kappa shape index (κ3) is 3.55. The van der Waals surface area contributed by atoms with E-state index >= 15 is 0 Å². The molecule has 1 saturated heterocycles. The lowest BCUT2D eigenvalue weighted by Crippen LogP contribution is -2.28. The maximum absolute atomic E-state index is 6.93.